The molecule has 9 nitrogen and oxygen atoms in total. The van der Waals surface area contributed by atoms with Crippen LogP contribution >= 0.6 is 0 Å². The Kier molecular flexibility index (Phi) is 6.39. The third-order valence-electron chi connectivity index (χ3n) is 5.27. The lowest BCUT2D eigenvalue weighted by molar-refractivity contribution is -0.143. The number of benzene rings is 2. The molecule has 0 spiro atoms. The van der Waals surface area contributed by atoms with Crippen molar-refractivity contribution in [3.8, 4) is 5.75 Å². The van der Waals surface area contributed by atoms with Crippen molar-refractivity contribution < 1.29 is 14.3 Å². The number of aromatic nitrogens is 4. The first-order valence-corrected chi connectivity index (χ1v) is 10.5. The summed E-state index contributed by atoms with van der Waals surface area (Å²) in [6.07, 6.45) is 1.50. The average molecular weight is 448 g/mol. The van der Waals surface area contributed by atoms with Crippen molar-refractivity contribution in [2.75, 3.05) is 13.7 Å². The Labute approximate surface area is 189 Å². The number of hydrogen-bond acceptors (Lipinski definition) is 6. The highest BCUT2D eigenvalue weighted by Crippen LogP contribution is 2.15. The quantitative estimate of drug-likeness (QED) is 0.383. The highest BCUT2D eigenvalue weighted by Gasteiger charge is 2.20. The Bertz CT molecular complexity index is 1380. The van der Waals surface area contributed by atoms with Crippen LogP contribution in [0.25, 0.3) is 11.2 Å². The monoisotopic (exact) mass is 448 g/mol. The van der Waals surface area contributed by atoms with Gasteiger partial charge in [0.25, 0.3) is 5.56 Å². The van der Waals surface area contributed by atoms with Crippen LogP contribution in [0.2, 0.25) is 0 Å². The minimum atomic E-state index is -0.612. The van der Waals surface area contributed by atoms with Gasteiger partial charge in [-0.1, -0.05) is 42.5 Å². The van der Waals surface area contributed by atoms with Crippen LogP contribution in [0.15, 0.2) is 70.5 Å². The number of methoxy groups -OCH3 is 1. The van der Waals surface area contributed by atoms with Crippen LogP contribution < -0.4 is 16.0 Å². The topological polar surface area (TPSA) is 97.4 Å². The molecule has 2 aromatic carbocycles. The maximum Gasteiger partial charge on any atom is 0.333 e. The molecule has 0 unspecified atom stereocenters. The highest BCUT2D eigenvalue weighted by molar-refractivity contribution is 5.74. The van der Waals surface area contributed by atoms with Crippen LogP contribution in [-0.2, 0) is 29.2 Å². The van der Waals surface area contributed by atoms with Crippen LogP contribution in [-0.4, -0.2) is 38.4 Å². The Hall–Kier alpha value is -4.14. The number of carbonyl (C=O) groups excluding carboxylic acids is 1. The summed E-state index contributed by atoms with van der Waals surface area (Å²) in [5, 5.41) is 0. The molecular weight excluding hydrogens is 424 g/mol. The van der Waals surface area contributed by atoms with Crippen LogP contribution in [0.3, 0.4) is 0 Å². The van der Waals surface area contributed by atoms with Gasteiger partial charge in [0.1, 0.15) is 12.3 Å². The molecule has 0 bridgehead atoms. The van der Waals surface area contributed by atoms with Gasteiger partial charge >= 0.3 is 11.7 Å². The van der Waals surface area contributed by atoms with E-state index in [0.29, 0.717) is 6.54 Å². The summed E-state index contributed by atoms with van der Waals surface area (Å²) in [5.74, 6) is 0.151. The zero-order valence-electron chi connectivity index (χ0n) is 18.4. The van der Waals surface area contributed by atoms with Crippen molar-refractivity contribution in [3.63, 3.8) is 0 Å². The molecule has 0 radical (unpaired) electrons. The Morgan fingerprint density at radius 2 is 1.64 bits per heavy atom. The molecule has 0 fully saturated rings. The van der Waals surface area contributed by atoms with Crippen molar-refractivity contribution in [1.82, 2.24) is 18.7 Å². The van der Waals surface area contributed by atoms with E-state index in [4.69, 9.17) is 9.47 Å². The molecule has 0 atom stereocenters. The number of esters is 1. The summed E-state index contributed by atoms with van der Waals surface area (Å²) >= 11 is 0. The SMILES string of the molecule is CCOC(=O)Cn1c(=O)n(Cc2ccccc2)c(=O)c2c1ncn2Cc1ccc(OC)cc1. The third kappa shape index (κ3) is 4.57. The first kappa shape index (κ1) is 22.1. The first-order chi connectivity index (χ1) is 16.0. The minimum absolute atomic E-state index is 0.0744. The van der Waals surface area contributed by atoms with E-state index < -0.39 is 17.2 Å². The van der Waals surface area contributed by atoms with Crippen molar-refractivity contribution >= 4 is 17.1 Å². The molecule has 0 aliphatic carbocycles. The van der Waals surface area contributed by atoms with Gasteiger partial charge in [0.05, 0.1) is 26.6 Å². The van der Waals surface area contributed by atoms with E-state index in [1.165, 1.54) is 10.9 Å². The molecule has 33 heavy (non-hydrogen) atoms. The number of rotatable bonds is 8. The summed E-state index contributed by atoms with van der Waals surface area (Å²) < 4.78 is 14.2. The van der Waals surface area contributed by atoms with E-state index in [1.54, 1.807) is 18.6 Å². The molecule has 4 rings (SSSR count). The van der Waals surface area contributed by atoms with Gasteiger partial charge in [0, 0.05) is 6.54 Å². The van der Waals surface area contributed by atoms with E-state index >= 15 is 0 Å². The summed E-state index contributed by atoms with van der Waals surface area (Å²) in [6.45, 7) is 1.98. The van der Waals surface area contributed by atoms with Crippen molar-refractivity contribution in [2.24, 2.45) is 0 Å². The lowest BCUT2D eigenvalue weighted by Crippen LogP contribution is -2.42. The van der Waals surface area contributed by atoms with Crippen molar-refractivity contribution in [1.29, 1.82) is 0 Å². The van der Waals surface area contributed by atoms with Crippen LogP contribution in [0.1, 0.15) is 18.1 Å². The predicted octanol–water partition coefficient (Wildman–Crippen LogP) is 2.03. The second-order valence-corrected chi connectivity index (χ2v) is 7.44. The normalized spacial score (nSPS) is 11.0. The molecule has 0 saturated carbocycles. The fourth-order valence-corrected chi connectivity index (χ4v) is 3.67. The standard InChI is InChI=1S/C24H24N4O5/c1-3-33-20(29)15-27-22-21(23(30)28(24(27)31)14-17-7-5-4-6-8-17)26(16-25-22)13-18-9-11-19(32-2)12-10-18/h4-12,16H,3,13-15H2,1-2H3. The Morgan fingerprint density at radius 1 is 0.939 bits per heavy atom. The second-order valence-electron chi connectivity index (χ2n) is 7.44. The molecule has 0 N–H and O–H groups in total. The molecule has 2 heterocycles. The van der Waals surface area contributed by atoms with Crippen LogP contribution in [0.4, 0.5) is 0 Å². The summed E-state index contributed by atoms with van der Waals surface area (Å²) in [5.41, 5.74) is 1.03. The molecule has 0 amide bonds. The lowest BCUT2D eigenvalue weighted by atomic mass is 10.2. The smallest absolute Gasteiger partial charge is 0.333 e. The molecular formula is C24H24N4O5. The number of hydrogen-bond donors (Lipinski definition) is 0. The molecule has 0 aliphatic rings. The van der Waals surface area contributed by atoms with Crippen molar-refractivity contribution in [3.05, 3.63) is 92.9 Å². The van der Waals surface area contributed by atoms with Gasteiger partial charge in [-0.25, -0.2) is 9.78 Å². The van der Waals surface area contributed by atoms with Gasteiger partial charge < -0.3 is 14.0 Å². The van der Waals surface area contributed by atoms with Gasteiger partial charge in [0.2, 0.25) is 0 Å². The van der Waals surface area contributed by atoms with Crippen LogP contribution in [0, 0.1) is 0 Å². The Balaban J connectivity index is 1.85. The van der Waals surface area contributed by atoms with E-state index in [0.717, 1.165) is 21.4 Å². The predicted molar refractivity (Wildman–Crippen MR) is 123 cm³/mol. The number of ether oxygens (including phenoxy) is 2. The third-order valence-corrected chi connectivity index (χ3v) is 5.27. The number of nitrogens with zero attached hydrogens (tertiary/aromatic N) is 4. The molecule has 9 heteroatoms. The summed E-state index contributed by atoms with van der Waals surface area (Å²) in [7, 11) is 1.59. The van der Waals surface area contributed by atoms with Gasteiger partial charge in [-0.2, -0.15) is 0 Å². The lowest BCUT2D eigenvalue weighted by Gasteiger charge is -2.12. The average Bonchev–Trinajstić information content (AvgIpc) is 3.24. The fourth-order valence-electron chi connectivity index (χ4n) is 3.67. The van der Waals surface area contributed by atoms with Gasteiger partial charge in [0.15, 0.2) is 11.2 Å². The highest BCUT2D eigenvalue weighted by atomic mass is 16.5. The van der Waals surface area contributed by atoms with Gasteiger partial charge in [-0.15, -0.1) is 0 Å². The molecule has 170 valence electrons. The largest absolute Gasteiger partial charge is 0.497 e. The number of imidazole rings is 1. The van der Waals surface area contributed by atoms with E-state index in [-0.39, 0.29) is 30.9 Å². The Morgan fingerprint density at radius 3 is 2.30 bits per heavy atom. The summed E-state index contributed by atoms with van der Waals surface area (Å²) in [6, 6.07) is 16.6. The zero-order valence-corrected chi connectivity index (χ0v) is 18.4. The number of carbonyl (C=O) groups is 1. The summed E-state index contributed by atoms with van der Waals surface area (Å²) in [4.78, 5) is 43.2. The van der Waals surface area contributed by atoms with E-state index in [9.17, 15) is 14.4 Å². The first-order valence-electron chi connectivity index (χ1n) is 10.5. The number of fused-ring (bicyclic) bond motifs is 1. The van der Waals surface area contributed by atoms with Crippen molar-refractivity contribution in [2.45, 2.75) is 26.6 Å². The molecule has 0 saturated heterocycles. The van der Waals surface area contributed by atoms with E-state index in [2.05, 4.69) is 4.98 Å². The molecule has 0 aliphatic heterocycles. The molecule has 2 aromatic heterocycles. The zero-order chi connectivity index (χ0) is 23.4. The maximum absolute atomic E-state index is 13.4. The maximum atomic E-state index is 13.4. The second kappa shape index (κ2) is 9.56. The van der Waals surface area contributed by atoms with Gasteiger partial charge in [-0.3, -0.25) is 18.7 Å². The minimum Gasteiger partial charge on any atom is -0.497 e. The van der Waals surface area contributed by atoms with Crippen LogP contribution in [0.5, 0.6) is 5.75 Å². The fraction of sp³-hybridized carbons (Fsp3) is 0.250. The molecule has 4 aromatic rings. The van der Waals surface area contributed by atoms with Gasteiger partial charge in [-0.05, 0) is 30.2 Å². The van der Waals surface area contributed by atoms with E-state index in [1.807, 2.05) is 54.6 Å².